The van der Waals surface area contributed by atoms with Crippen LogP contribution in [0.3, 0.4) is 0 Å². The van der Waals surface area contributed by atoms with Crippen molar-refractivity contribution in [2.75, 3.05) is 0 Å². The largest absolute Gasteiger partial charge is 0.380 e. The molecule has 8 heteroatoms. The van der Waals surface area contributed by atoms with Crippen LogP contribution in [0.2, 0.25) is 0 Å². The summed E-state index contributed by atoms with van der Waals surface area (Å²) in [5.74, 6) is -0.147. The van der Waals surface area contributed by atoms with Crippen molar-refractivity contribution in [1.82, 2.24) is 0 Å². The van der Waals surface area contributed by atoms with E-state index in [-0.39, 0.29) is 11.4 Å². The Labute approximate surface area is 85.9 Å². The lowest BCUT2D eigenvalue weighted by molar-refractivity contribution is -0.384. The highest BCUT2D eigenvalue weighted by atomic mass is 32.2. The van der Waals surface area contributed by atoms with E-state index in [0.29, 0.717) is 5.56 Å². The SMILES string of the molecule is Cc1ccc([N+](=O)[O-])cc1OS(N)(=O)=O. The maximum absolute atomic E-state index is 10.6. The summed E-state index contributed by atoms with van der Waals surface area (Å²) in [4.78, 5) is 9.74. The zero-order valence-electron chi connectivity index (χ0n) is 7.71. The molecule has 0 saturated heterocycles. The van der Waals surface area contributed by atoms with Crippen molar-refractivity contribution in [3.8, 4) is 5.75 Å². The van der Waals surface area contributed by atoms with E-state index in [0.717, 1.165) is 6.07 Å². The lowest BCUT2D eigenvalue weighted by atomic mass is 10.2. The number of hydrogen-bond donors (Lipinski definition) is 1. The van der Waals surface area contributed by atoms with Crippen LogP contribution in [0.1, 0.15) is 5.56 Å². The Bertz CT molecular complexity index is 496. The van der Waals surface area contributed by atoms with Crippen molar-refractivity contribution in [2.24, 2.45) is 5.14 Å². The highest BCUT2D eigenvalue weighted by molar-refractivity contribution is 7.84. The van der Waals surface area contributed by atoms with Gasteiger partial charge in [-0.1, -0.05) is 0 Å². The Hall–Kier alpha value is -1.67. The summed E-state index contributed by atoms with van der Waals surface area (Å²) in [6.07, 6.45) is 0. The van der Waals surface area contributed by atoms with Crippen LogP contribution in [0, 0.1) is 17.0 Å². The Kier molecular flexibility index (Phi) is 2.91. The third-order valence-corrected chi connectivity index (χ3v) is 2.00. The molecule has 0 aliphatic rings. The maximum Gasteiger partial charge on any atom is 0.380 e. The molecular formula is C7H8N2O5S. The van der Waals surface area contributed by atoms with Crippen LogP contribution in [-0.2, 0) is 10.3 Å². The molecule has 0 fully saturated rings. The maximum atomic E-state index is 10.6. The van der Waals surface area contributed by atoms with E-state index in [2.05, 4.69) is 9.32 Å². The second-order valence-electron chi connectivity index (χ2n) is 2.78. The van der Waals surface area contributed by atoms with Gasteiger partial charge in [-0.25, -0.2) is 0 Å². The van der Waals surface area contributed by atoms with Crippen molar-refractivity contribution in [1.29, 1.82) is 0 Å². The Morgan fingerprint density at radius 2 is 2.07 bits per heavy atom. The summed E-state index contributed by atoms with van der Waals surface area (Å²) in [6.45, 7) is 1.55. The summed E-state index contributed by atoms with van der Waals surface area (Å²) in [6, 6.07) is 3.61. The first kappa shape index (κ1) is 11.4. The average Bonchev–Trinajstić information content (AvgIpc) is 2.06. The number of nitrogens with two attached hydrogens (primary N) is 1. The van der Waals surface area contributed by atoms with E-state index >= 15 is 0 Å². The number of benzene rings is 1. The summed E-state index contributed by atoms with van der Waals surface area (Å²) < 4.78 is 25.6. The second kappa shape index (κ2) is 3.83. The predicted octanol–water partition coefficient (Wildman–Crippen LogP) is 0.486. The molecule has 1 aromatic rings. The number of nitrogens with zero attached hydrogens (tertiary/aromatic N) is 1. The number of nitro groups is 1. The standard InChI is InChI=1S/C7H8N2O5S/c1-5-2-3-6(9(10)11)4-7(5)14-15(8,12)13/h2-4H,1H3,(H2,8,12,13). The van der Waals surface area contributed by atoms with Crippen molar-refractivity contribution in [3.63, 3.8) is 0 Å². The number of non-ortho nitro benzene ring substituents is 1. The van der Waals surface area contributed by atoms with Crippen LogP contribution < -0.4 is 9.32 Å². The lowest BCUT2D eigenvalue weighted by Gasteiger charge is -2.04. The van der Waals surface area contributed by atoms with Crippen LogP contribution in [0.15, 0.2) is 18.2 Å². The topological polar surface area (TPSA) is 113 Å². The van der Waals surface area contributed by atoms with Crippen molar-refractivity contribution >= 4 is 16.0 Å². The van der Waals surface area contributed by atoms with E-state index < -0.39 is 15.2 Å². The predicted molar refractivity (Wildman–Crippen MR) is 51.6 cm³/mol. The molecule has 0 aliphatic heterocycles. The van der Waals surface area contributed by atoms with Crippen LogP contribution in [-0.4, -0.2) is 13.3 Å². The highest BCUT2D eigenvalue weighted by Gasteiger charge is 2.13. The second-order valence-corrected chi connectivity index (χ2v) is 3.94. The van der Waals surface area contributed by atoms with Crippen molar-refractivity contribution in [3.05, 3.63) is 33.9 Å². The highest BCUT2D eigenvalue weighted by Crippen LogP contribution is 2.24. The normalized spacial score (nSPS) is 11.1. The van der Waals surface area contributed by atoms with Gasteiger partial charge in [-0.2, -0.15) is 13.6 Å². The Balaban J connectivity index is 3.17. The first-order chi connectivity index (χ1) is 6.79. The van der Waals surface area contributed by atoms with Gasteiger partial charge in [-0.3, -0.25) is 10.1 Å². The molecule has 7 nitrogen and oxygen atoms in total. The molecule has 0 saturated carbocycles. The molecule has 0 heterocycles. The van der Waals surface area contributed by atoms with Gasteiger partial charge in [0.15, 0.2) is 5.75 Å². The van der Waals surface area contributed by atoms with Gasteiger partial charge in [-0.05, 0) is 18.6 Å². The smallest absolute Gasteiger partial charge is 0.371 e. The summed E-state index contributed by atoms with van der Waals surface area (Å²) >= 11 is 0. The molecule has 0 radical (unpaired) electrons. The molecule has 15 heavy (non-hydrogen) atoms. The van der Waals surface area contributed by atoms with Crippen molar-refractivity contribution < 1.29 is 17.5 Å². The van der Waals surface area contributed by atoms with Crippen LogP contribution in [0.25, 0.3) is 0 Å². The van der Waals surface area contributed by atoms with Gasteiger partial charge in [-0.15, -0.1) is 0 Å². The minimum absolute atomic E-state index is 0.147. The molecule has 0 atom stereocenters. The Morgan fingerprint density at radius 3 is 2.53 bits per heavy atom. The van der Waals surface area contributed by atoms with Crippen LogP contribution in [0.5, 0.6) is 5.75 Å². The molecule has 1 rings (SSSR count). The van der Waals surface area contributed by atoms with E-state index in [9.17, 15) is 18.5 Å². The zero-order chi connectivity index (χ0) is 11.6. The van der Waals surface area contributed by atoms with E-state index in [1.807, 2.05) is 0 Å². The number of nitro benzene ring substituents is 1. The lowest BCUT2D eigenvalue weighted by Crippen LogP contribution is -2.19. The first-order valence-corrected chi connectivity index (χ1v) is 5.24. The third kappa shape index (κ3) is 3.18. The van der Waals surface area contributed by atoms with Crippen molar-refractivity contribution in [2.45, 2.75) is 6.92 Å². The molecule has 0 spiro atoms. The van der Waals surface area contributed by atoms with Gasteiger partial charge in [0.1, 0.15) is 0 Å². The van der Waals surface area contributed by atoms with Gasteiger partial charge >= 0.3 is 10.3 Å². The van der Waals surface area contributed by atoms with Crippen LogP contribution in [0.4, 0.5) is 5.69 Å². The zero-order valence-corrected chi connectivity index (χ0v) is 8.52. The fourth-order valence-corrected chi connectivity index (χ4v) is 1.35. The molecule has 0 unspecified atom stereocenters. The molecule has 0 amide bonds. The van der Waals surface area contributed by atoms with Gasteiger partial charge in [0.25, 0.3) is 5.69 Å². The van der Waals surface area contributed by atoms with E-state index in [4.69, 9.17) is 0 Å². The molecule has 0 aliphatic carbocycles. The molecule has 0 bridgehead atoms. The fraction of sp³-hybridized carbons (Fsp3) is 0.143. The molecule has 1 aromatic carbocycles. The summed E-state index contributed by atoms with van der Waals surface area (Å²) in [5.41, 5.74) is 0.175. The molecule has 82 valence electrons. The average molecular weight is 232 g/mol. The van der Waals surface area contributed by atoms with E-state index in [1.54, 1.807) is 6.92 Å². The fourth-order valence-electron chi connectivity index (χ4n) is 0.917. The molecule has 0 aromatic heterocycles. The van der Waals surface area contributed by atoms with Gasteiger partial charge in [0.05, 0.1) is 11.0 Å². The quantitative estimate of drug-likeness (QED) is 0.601. The van der Waals surface area contributed by atoms with Gasteiger partial charge < -0.3 is 4.18 Å². The first-order valence-electron chi connectivity index (χ1n) is 3.77. The van der Waals surface area contributed by atoms with Gasteiger partial charge in [0, 0.05) is 6.07 Å². The number of aryl methyl sites for hydroxylation is 1. The number of hydrogen-bond acceptors (Lipinski definition) is 5. The third-order valence-electron chi connectivity index (χ3n) is 1.59. The Morgan fingerprint density at radius 1 is 1.47 bits per heavy atom. The minimum Gasteiger partial charge on any atom is -0.371 e. The number of rotatable bonds is 3. The van der Waals surface area contributed by atoms with Gasteiger partial charge in [0.2, 0.25) is 0 Å². The van der Waals surface area contributed by atoms with E-state index in [1.165, 1.54) is 12.1 Å². The summed E-state index contributed by atoms with van der Waals surface area (Å²) in [7, 11) is -4.16. The molecule has 2 N–H and O–H groups in total. The summed E-state index contributed by atoms with van der Waals surface area (Å²) in [5, 5.41) is 15.0. The molecular weight excluding hydrogens is 224 g/mol. The van der Waals surface area contributed by atoms with Crippen LogP contribution >= 0.6 is 0 Å². The monoisotopic (exact) mass is 232 g/mol. The minimum atomic E-state index is -4.16.